The fourth-order valence-corrected chi connectivity index (χ4v) is 2.64. The Labute approximate surface area is 141 Å². The lowest BCUT2D eigenvalue weighted by Crippen LogP contribution is -2.31. The average molecular weight is 324 g/mol. The van der Waals surface area contributed by atoms with E-state index in [-0.39, 0.29) is 17.9 Å². The van der Waals surface area contributed by atoms with Gasteiger partial charge in [-0.25, -0.2) is 0 Å². The van der Waals surface area contributed by atoms with Gasteiger partial charge in [0.25, 0.3) is 11.8 Å². The number of benzene rings is 2. The molecule has 1 aliphatic heterocycles. The maximum absolute atomic E-state index is 12.2. The monoisotopic (exact) mass is 324 g/mol. The molecule has 1 atom stereocenters. The molecule has 0 bridgehead atoms. The van der Waals surface area contributed by atoms with E-state index in [9.17, 15) is 9.59 Å². The van der Waals surface area contributed by atoms with Gasteiger partial charge in [0.1, 0.15) is 0 Å². The van der Waals surface area contributed by atoms with E-state index in [1.54, 1.807) is 36.4 Å². The van der Waals surface area contributed by atoms with E-state index in [2.05, 4.69) is 10.6 Å². The molecule has 0 unspecified atom stereocenters. The molecule has 2 amide bonds. The molecule has 24 heavy (non-hydrogen) atoms. The highest BCUT2D eigenvalue weighted by Crippen LogP contribution is 2.14. The summed E-state index contributed by atoms with van der Waals surface area (Å²) in [6.45, 7) is 1.28. The third kappa shape index (κ3) is 4.20. The normalized spacial score (nSPS) is 16.6. The van der Waals surface area contributed by atoms with E-state index in [0.29, 0.717) is 23.4 Å². The number of ether oxygens (including phenoxy) is 1. The second-order valence-electron chi connectivity index (χ2n) is 5.75. The van der Waals surface area contributed by atoms with Crippen molar-refractivity contribution in [1.82, 2.24) is 5.32 Å². The van der Waals surface area contributed by atoms with Gasteiger partial charge in [-0.05, 0) is 43.2 Å². The van der Waals surface area contributed by atoms with Crippen LogP contribution < -0.4 is 10.6 Å². The second-order valence-corrected chi connectivity index (χ2v) is 5.75. The van der Waals surface area contributed by atoms with Crippen molar-refractivity contribution in [2.24, 2.45) is 0 Å². The van der Waals surface area contributed by atoms with Crippen LogP contribution in [0.5, 0.6) is 0 Å². The van der Waals surface area contributed by atoms with Gasteiger partial charge >= 0.3 is 0 Å². The quantitative estimate of drug-likeness (QED) is 0.889. The molecule has 1 heterocycles. The van der Waals surface area contributed by atoms with Gasteiger partial charge in [0.05, 0.1) is 6.10 Å². The summed E-state index contributed by atoms with van der Waals surface area (Å²) >= 11 is 0. The Morgan fingerprint density at radius 2 is 1.79 bits per heavy atom. The molecule has 5 heteroatoms. The number of hydrogen-bond donors (Lipinski definition) is 2. The van der Waals surface area contributed by atoms with Crippen LogP contribution in [0.25, 0.3) is 0 Å². The number of nitrogens with one attached hydrogen (secondary N) is 2. The van der Waals surface area contributed by atoms with Crippen LogP contribution in [0.1, 0.15) is 33.6 Å². The van der Waals surface area contributed by atoms with Gasteiger partial charge < -0.3 is 15.4 Å². The minimum atomic E-state index is -0.201. The third-order valence-corrected chi connectivity index (χ3v) is 3.93. The van der Waals surface area contributed by atoms with E-state index in [0.717, 1.165) is 19.4 Å². The van der Waals surface area contributed by atoms with Gasteiger partial charge in [-0.15, -0.1) is 0 Å². The van der Waals surface area contributed by atoms with Crippen LogP contribution in [0.15, 0.2) is 54.6 Å². The molecule has 1 saturated heterocycles. The number of rotatable bonds is 5. The van der Waals surface area contributed by atoms with E-state index in [4.69, 9.17) is 4.74 Å². The summed E-state index contributed by atoms with van der Waals surface area (Å²) in [6.07, 6.45) is 2.13. The molecule has 0 aliphatic carbocycles. The van der Waals surface area contributed by atoms with Crippen molar-refractivity contribution in [2.45, 2.75) is 18.9 Å². The van der Waals surface area contributed by atoms with Crippen molar-refractivity contribution in [3.8, 4) is 0 Å². The van der Waals surface area contributed by atoms with Crippen molar-refractivity contribution in [2.75, 3.05) is 18.5 Å². The molecule has 0 spiro atoms. The zero-order valence-corrected chi connectivity index (χ0v) is 13.3. The summed E-state index contributed by atoms with van der Waals surface area (Å²) in [6, 6.07) is 15.9. The van der Waals surface area contributed by atoms with Crippen LogP contribution >= 0.6 is 0 Å². The SMILES string of the molecule is O=C(NC[C@@H]1CCCO1)c1cccc(NC(=O)c2ccccc2)c1. The van der Waals surface area contributed by atoms with Crippen molar-refractivity contribution in [3.05, 3.63) is 65.7 Å². The summed E-state index contributed by atoms with van der Waals surface area (Å²) in [5.74, 6) is -0.367. The Morgan fingerprint density at radius 3 is 2.54 bits per heavy atom. The van der Waals surface area contributed by atoms with Crippen molar-refractivity contribution >= 4 is 17.5 Å². The Hall–Kier alpha value is -2.66. The van der Waals surface area contributed by atoms with Crippen LogP contribution in [0.4, 0.5) is 5.69 Å². The highest BCUT2D eigenvalue weighted by molar-refractivity contribution is 6.05. The van der Waals surface area contributed by atoms with Gasteiger partial charge in [-0.2, -0.15) is 0 Å². The topological polar surface area (TPSA) is 67.4 Å². The molecule has 5 nitrogen and oxygen atoms in total. The predicted octanol–water partition coefficient (Wildman–Crippen LogP) is 2.85. The van der Waals surface area contributed by atoms with Gasteiger partial charge in [0, 0.05) is 30.0 Å². The van der Waals surface area contributed by atoms with Crippen LogP contribution in [0, 0.1) is 0 Å². The molecule has 1 fully saturated rings. The number of anilines is 1. The minimum absolute atomic E-state index is 0.106. The summed E-state index contributed by atoms with van der Waals surface area (Å²) in [5, 5.41) is 5.68. The van der Waals surface area contributed by atoms with Gasteiger partial charge in [-0.1, -0.05) is 24.3 Å². The average Bonchev–Trinajstić information content (AvgIpc) is 3.14. The lowest BCUT2D eigenvalue weighted by atomic mass is 10.1. The first kappa shape index (κ1) is 16.2. The maximum Gasteiger partial charge on any atom is 0.255 e. The molecule has 3 rings (SSSR count). The Kier molecular flexibility index (Phi) is 5.23. The molecule has 124 valence electrons. The lowest BCUT2D eigenvalue weighted by molar-refractivity contribution is 0.0857. The standard InChI is InChI=1S/C19H20N2O3/c22-18(20-13-17-10-5-11-24-17)15-8-4-9-16(12-15)21-19(23)14-6-2-1-3-7-14/h1-4,6-9,12,17H,5,10-11,13H2,(H,20,22)(H,21,23)/t17-/m0/s1. The zero-order valence-electron chi connectivity index (χ0n) is 13.3. The number of amides is 2. The Morgan fingerprint density at radius 1 is 1.00 bits per heavy atom. The second kappa shape index (κ2) is 7.75. The maximum atomic E-state index is 12.2. The molecule has 2 N–H and O–H groups in total. The molecule has 1 aliphatic rings. The van der Waals surface area contributed by atoms with Crippen LogP contribution in [-0.4, -0.2) is 31.1 Å². The van der Waals surface area contributed by atoms with Gasteiger partial charge in [0.2, 0.25) is 0 Å². The van der Waals surface area contributed by atoms with Crippen molar-refractivity contribution < 1.29 is 14.3 Å². The summed E-state index contributed by atoms with van der Waals surface area (Å²) < 4.78 is 5.49. The lowest BCUT2D eigenvalue weighted by Gasteiger charge is -2.11. The molecule has 2 aromatic rings. The van der Waals surface area contributed by atoms with E-state index in [1.165, 1.54) is 0 Å². The fourth-order valence-electron chi connectivity index (χ4n) is 2.64. The highest BCUT2D eigenvalue weighted by Gasteiger charge is 2.17. The molecule has 2 aromatic carbocycles. The first-order valence-electron chi connectivity index (χ1n) is 8.08. The molecule has 0 radical (unpaired) electrons. The Bertz CT molecular complexity index is 710. The molecule has 0 aromatic heterocycles. The zero-order chi connectivity index (χ0) is 16.8. The van der Waals surface area contributed by atoms with Crippen LogP contribution in [0.2, 0.25) is 0 Å². The summed E-state index contributed by atoms with van der Waals surface area (Å²) in [4.78, 5) is 24.4. The van der Waals surface area contributed by atoms with E-state index in [1.807, 2.05) is 18.2 Å². The number of carbonyl (C=O) groups excluding carboxylic acids is 2. The molecular weight excluding hydrogens is 304 g/mol. The van der Waals surface area contributed by atoms with Crippen LogP contribution in [0.3, 0.4) is 0 Å². The first-order valence-corrected chi connectivity index (χ1v) is 8.08. The Balaban J connectivity index is 1.61. The van der Waals surface area contributed by atoms with Gasteiger partial charge in [0.15, 0.2) is 0 Å². The van der Waals surface area contributed by atoms with Crippen molar-refractivity contribution in [3.63, 3.8) is 0 Å². The van der Waals surface area contributed by atoms with E-state index >= 15 is 0 Å². The smallest absolute Gasteiger partial charge is 0.255 e. The van der Waals surface area contributed by atoms with Crippen LogP contribution in [-0.2, 0) is 4.74 Å². The largest absolute Gasteiger partial charge is 0.376 e. The summed E-state index contributed by atoms with van der Waals surface area (Å²) in [7, 11) is 0. The number of carbonyl (C=O) groups is 2. The number of hydrogen-bond acceptors (Lipinski definition) is 3. The van der Waals surface area contributed by atoms with Gasteiger partial charge in [-0.3, -0.25) is 9.59 Å². The molecular formula is C19H20N2O3. The van der Waals surface area contributed by atoms with E-state index < -0.39 is 0 Å². The predicted molar refractivity (Wildman–Crippen MR) is 92.1 cm³/mol. The third-order valence-electron chi connectivity index (χ3n) is 3.93. The first-order chi connectivity index (χ1) is 11.7. The van der Waals surface area contributed by atoms with Crippen molar-refractivity contribution in [1.29, 1.82) is 0 Å². The fraction of sp³-hybridized carbons (Fsp3) is 0.263. The minimum Gasteiger partial charge on any atom is -0.376 e. The highest BCUT2D eigenvalue weighted by atomic mass is 16.5. The summed E-state index contributed by atoms with van der Waals surface area (Å²) in [5.41, 5.74) is 1.68. The molecule has 0 saturated carbocycles.